The number of halogens is 1. The number of benzene rings is 2. The van der Waals surface area contributed by atoms with Gasteiger partial charge in [0.2, 0.25) is 23.6 Å². The van der Waals surface area contributed by atoms with Gasteiger partial charge in [-0.3, -0.25) is 34.1 Å². The van der Waals surface area contributed by atoms with Gasteiger partial charge in [-0.15, -0.1) is 12.4 Å². The summed E-state index contributed by atoms with van der Waals surface area (Å²) in [5, 5.41) is 23.4. The minimum Gasteiger partial charge on any atom is -0.384 e. The number of unbranched alkanes of at least 4 members (excludes halogenated alkanes) is 1. The Morgan fingerprint density at radius 3 is 2.29 bits per heavy atom. The smallest absolute Gasteiger partial charge is 0.293 e. The van der Waals surface area contributed by atoms with E-state index in [2.05, 4.69) is 26.3 Å². The van der Waals surface area contributed by atoms with E-state index in [1.165, 1.54) is 12.1 Å². The Balaban J connectivity index is 0.00000833. The molecule has 0 aliphatic rings. The van der Waals surface area contributed by atoms with Crippen LogP contribution < -0.4 is 43.9 Å². The van der Waals surface area contributed by atoms with Gasteiger partial charge in [0, 0.05) is 48.7 Å². The van der Waals surface area contributed by atoms with Crippen molar-refractivity contribution < 1.29 is 24.1 Å². The molecule has 268 valence electrons. The number of nitro benzene ring substituents is 1. The molecule has 16 nitrogen and oxygen atoms in total. The van der Waals surface area contributed by atoms with Gasteiger partial charge in [0.05, 0.1) is 22.4 Å². The number of aromatic amines is 1. The van der Waals surface area contributed by atoms with Gasteiger partial charge in [0.25, 0.3) is 5.69 Å². The SMILES string of the molecule is CC(C)C(N)C(=O)NC(CCC(=O)NCCCCC(N)C(=O)NCCCNc1ccc([N+](=O)[O-])c2[nH]c3ccccc3c(=O)c12)C(N)=O.Cl. The van der Waals surface area contributed by atoms with Crippen LogP contribution in [0.2, 0.25) is 0 Å². The van der Waals surface area contributed by atoms with Gasteiger partial charge < -0.3 is 43.5 Å². The van der Waals surface area contributed by atoms with E-state index in [0.29, 0.717) is 61.9 Å². The Morgan fingerprint density at radius 2 is 1.61 bits per heavy atom. The quantitative estimate of drug-likeness (QED) is 0.0383. The number of pyridine rings is 1. The van der Waals surface area contributed by atoms with Crippen LogP contribution in [0, 0.1) is 16.0 Å². The molecule has 0 saturated heterocycles. The van der Waals surface area contributed by atoms with E-state index in [4.69, 9.17) is 17.2 Å². The van der Waals surface area contributed by atoms with Crippen LogP contribution in [0.1, 0.15) is 52.4 Å². The lowest BCUT2D eigenvalue weighted by molar-refractivity contribution is -0.383. The van der Waals surface area contributed by atoms with E-state index in [-0.39, 0.29) is 65.0 Å². The summed E-state index contributed by atoms with van der Waals surface area (Å²) in [6, 6.07) is 7.11. The van der Waals surface area contributed by atoms with Gasteiger partial charge >= 0.3 is 0 Å². The maximum atomic E-state index is 13.2. The van der Waals surface area contributed by atoms with E-state index < -0.39 is 34.9 Å². The lowest BCUT2D eigenvalue weighted by Crippen LogP contribution is -2.52. The van der Waals surface area contributed by atoms with Crippen molar-refractivity contribution in [3.63, 3.8) is 0 Å². The van der Waals surface area contributed by atoms with Crippen molar-refractivity contribution in [3.05, 3.63) is 56.7 Å². The van der Waals surface area contributed by atoms with Crippen LogP contribution in [0.3, 0.4) is 0 Å². The summed E-state index contributed by atoms with van der Waals surface area (Å²) in [7, 11) is 0. The van der Waals surface area contributed by atoms with Crippen LogP contribution >= 0.6 is 12.4 Å². The fraction of sp³-hybridized carbons (Fsp3) is 0.469. The normalized spacial score (nSPS) is 12.8. The number of primary amides is 1. The first-order chi connectivity index (χ1) is 22.8. The Morgan fingerprint density at radius 1 is 0.918 bits per heavy atom. The number of nitrogens with one attached hydrogen (secondary N) is 5. The Hall–Kier alpha value is -4.80. The molecule has 2 aromatic carbocycles. The molecule has 17 heteroatoms. The first-order valence-corrected chi connectivity index (χ1v) is 15.9. The Labute approximate surface area is 289 Å². The number of amides is 4. The van der Waals surface area contributed by atoms with Crippen molar-refractivity contribution in [2.75, 3.05) is 25.0 Å². The monoisotopic (exact) mass is 703 g/mol. The van der Waals surface area contributed by atoms with Gasteiger partial charge in [-0.05, 0) is 56.2 Å². The summed E-state index contributed by atoms with van der Waals surface area (Å²) < 4.78 is 0. The van der Waals surface area contributed by atoms with Gasteiger partial charge in [0.1, 0.15) is 11.6 Å². The van der Waals surface area contributed by atoms with E-state index >= 15 is 0 Å². The minimum atomic E-state index is -1.01. The lowest BCUT2D eigenvalue weighted by Gasteiger charge is -2.20. The molecule has 1 heterocycles. The fourth-order valence-electron chi connectivity index (χ4n) is 5.04. The first-order valence-electron chi connectivity index (χ1n) is 15.9. The standard InChI is InChI=1S/C32H45N9O7.ClH/c1-18(2)27(34)32(46)40-23(30(35)44)12-14-25(42)37-15-6-5-9-20(33)31(45)38-17-7-16-36-22-11-13-24(41(47)48)28-26(22)29(43)19-8-3-4-10-21(19)39-28;/h3-4,8,10-11,13,18,20,23,27,36H,5-7,9,12,14-17,33-34H2,1-2H3,(H2,35,44)(H,37,42)(H,38,45)(H,39,43)(H,40,46);1H. The number of hydrogen-bond acceptors (Lipinski definition) is 10. The van der Waals surface area contributed by atoms with Crippen molar-refractivity contribution in [2.45, 2.75) is 70.5 Å². The first kappa shape index (κ1) is 40.4. The molecule has 1 aromatic heterocycles. The number of hydrogen-bond donors (Lipinski definition) is 8. The predicted octanol–water partition coefficient (Wildman–Crippen LogP) is 1.28. The molecule has 49 heavy (non-hydrogen) atoms. The highest BCUT2D eigenvalue weighted by atomic mass is 35.5. The maximum Gasteiger partial charge on any atom is 0.293 e. The molecule has 11 N–H and O–H groups in total. The van der Waals surface area contributed by atoms with Crippen molar-refractivity contribution >= 4 is 69.2 Å². The second-order valence-corrected chi connectivity index (χ2v) is 11.9. The molecule has 0 fully saturated rings. The number of aromatic nitrogens is 1. The van der Waals surface area contributed by atoms with E-state index in [1.54, 1.807) is 38.1 Å². The van der Waals surface area contributed by atoms with E-state index in [1.807, 2.05) is 0 Å². The molecular formula is C32H46ClN9O7. The zero-order valence-corrected chi connectivity index (χ0v) is 28.4. The summed E-state index contributed by atoms with van der Waals surface area (Å²) in [6.45, 7) is 4.59. The fourth-order valence-corrected chi connectivity index (χ4v) is 5.04. The second-order valence-electron chi connectivity index (χ2n) is 11.9. The third-order valence-electron chi connectivity index (χ3n) is 7.95. The molecule has 0 spiro atoms. The van der Waals surface area contributed by atoms with Crippen LogP contribution in [-0.4, -0.2) is 71.3 Å². The summed E-state index contributed by atoms with van der Waals surface area (Å²) in [5.41, 5.74) is 17.7. The molecule has 3 rings (SSSR count). The molecule has 3 unspecified atom stereocenters. The third-order valence-corrected chi connectivity index (χ3v) is 7.95. The molecule has 3 atom stereocenters. The summed E-state index contributed by atoms with van der Waals surface area (Å²) in [6.07, 6.45) is 2.08. The number of anilines is 1. The number of fused-ring (bicyclic) bond motifs is 2. The number of nitro groups is 1. The maximum absolute atomic E-state index is 13.2. The number of carbonyl (C=O) groups excluding carboxylic acids is 4. The molecule has 0 aliphatic carbocycles. The number of carbonyl (C=O) groups is 4. The van der Waals surface area contributed by atoms with Crippen LogP contribution in [0.4, 0.5) is 11.4 Å². The molecule has 0 saturated carbocycles. The molecule has 0 radical (unpaired) electrons. The van der Waals surface area contributed by atoms with Gasteiger partial charge in [-0.2, -0.15) is 0 Å². The van der Waals surface area contributed by atoms with Gasteiger partial charge in [-0.1, -0.05) is 26.0 Å². The Bertz CT molecular complexity index is 1700. The number of rotatable bonds is 19. The zero-order valence-electron chi connectivity index (χ0n) is 27.6. The largest absolute Gasteiger partial charge is 0.384 e. The second kappa shape index (κ2) is 19.3. The van der Waals surface area contributed by atoms with Crippen molar-refractivity contribution in [1.82, 2.24) is 20.9 Å². The molecular weight excluding hydrogens is 658 g/mol. The highest BCUT2D eigenvalue weighted by Crippen LogP contribution is 2.29. The summed E-state index contributed by atoms with van der Waals surface area (Å²) in [4.78, 5) is 75.8. The van der Waals surface area contributed by atoms with Gasteiger partial charge in [-0.25, -0.2) is 0 Å². The molecule has 3 aromatic rings. The van der Waals surface area contributed by atoms with Crippen LogP contribution in [0.25, 0.3) is 21.8 Å². The predicted molar refractivity (Wildman–Crippen MR) is 190 cm³/mol. The zero-order chi connectivity index (χ0) is 35.4. The number of para-hydroxylation sites is 1. The highest BCUT2D eigenvalue weighted by molar-refractivity contribution is 6.03. The van der Waals surface area contributed by atoms with Crippen molar-refractivity contribution in [1.29, 1.82) is 0 Å². The molecule has 4 amide bonds. The van der Waals surface area contributed by atoms with Crippen LogP contribution in [0.15, 0.2) is 41.2 Å². The number of nitrogens with zero attached hydrogens (tertiary/aromatic N) is 1. The summed E-state index contributed by atoms with van der Waals surface area (Å²) in [5.74, 6) is -2.01. The number of H-pyrrole nitrogens is 1. The highest BCUT2D eigenvalue weighted by Gasteiger charge is 2.24. The lowest BCUT2D eigenvalue weighted by atomic mass is 10.0. The van der Waals surface area contributed by atoms with E-state index in [0.717, 1.165) is 0 Å². The Kier molecular flexibility index (Phi) is 15.9. The number of nitrogens with two attached hydrogens (primary N) is 3. The topological polar surface area (TPSA) is 270 Å². The van der Waals surface area contributed by atoms with Crippen molar-refractivity contribution in [3.8, 4) is 0 Å². The molecule has 0 aliphatic heterocycles. The number of non-ortho nitro benzene ring substituents is 1. The average molecular weight is 704 g/mol. The average Bonchev–Trinajstić information content (AvgIpc) is 3.05. The van der Waals surface area contributed by atoms with Crippen molar-refractivity contribution in [2.24, 2.45) is 23.1 Å². The van der Waals surface area contributed by atoms with E-state index in [9.17, 15) is 34.1 Å². The third kappa shape index (κ3) is 11.4. The summed E-state index contributed by atoms with van der Waals surface area (Å²) >= 11 is 0. The molecule has 0 bridgehead atoms. The minimum absolute atomic E-state index is 0. The van der Waals surface area contributed by atoms with Crippen LogP contribution in [-0.2, 0) is 19.2 Å². The van der Waals surface area contributed by atoms with Gasteiger partial charge in [0.15, 0.2) is 5.43 Å². The van der Waals surface area contributed by atoms with Crippen LogP contribution in [0.5, 0.6) is 0 Å².